The summed E-state index contributed by atoms with van der Waals surface area (Å²) in [6, 6.07) is 8.14. The van der Waals surface area contributed by atoms with Crippen molar-refractivity contribution in [2.75, 3.05) is 6.61 Å². The molecular weight excluding hydrogens is 266 g/mol. The predicted molar refractivity (Wildman–Crippen MR) is 82.6 cm³/mol. The van der Waals surface area contributed by atoms with Crippen LogP contribution in [-0.2, 0) is 4.74 Å². The van der Waals surface area contributed by atoms with Gasteiger partial charge in [-0.1, -0.05) is 24.8 Å². The van der Waals surface area contributed by atoms with Gasteiger partial charge in [0.2, 0.25) is 0 Å². The molecule has 1 aliphatic carbocycles. The number of carbonyl (C=O) groups is 1. The molecular formula is C17H23NO3. The molecule has 0 unspecified atom stereocenters. The van der Waals surface area contributed by atoms with E-state index in [-0.39, 0.29) is 12.1 Å². The molecule has 1 N–H and O–H groups in total. The quantitative estimate of drug-likeness (QED) is 0.842. The second-order valence-corrected chi connectivity index (χ2v) is 6.26. The minimum Gasteiger partial charge on any atom is -0.490 e. The Kier molecular flexibility index (Phi) is 4.56. The molecule has 1 saturated carbocycles. The Labute approximate surface area is 126 Å². The first-order chi connectivity index (χ1) is 9.89. The van der Waals surface area contributed by atoms with E-state index >= 15 is 0 Å². The van der Waals surface area contributed by atoms with E-state index in [1.807, 2.05) is 45.0 Å². The molecule has 4 heteroatoms. The first-order valence-corrected chi connectivity index (χ1v) is 7.22. The van der Waals surface area contributed by atoms with Gasteiger partial charge >= 0.3 is 6.09 Å². The van der Waals surface area contributed by atoms with Crippen molar-refractivity contribution in [1.29, 1.82) is 0 Å². The average Bonchev–Trinajstić information content (AvgIpc) is 3.13. The van der Waals surface area contributed by atoms with Gasteiger partial charge in [0.15, 0.2) is 0 Å². The van der Waals surface area contributed by atoms with Crippen LogP contribution in [0.4, 0.5) is 4.79 Å². The van der Waals surface area contributed by atoms with Gasteiger partial charge in [0.05, 0.1) is 0 Å². The van der Waals surface area contributed by atoms with Crippen LogP contribution in [0.2, 0.25) is 0 Å². The number of ether oxygens (including phenoxy) is 2. The van der Waals surface area contributed by atoms with E-state index in [0.29, 0.717) is 12.5 Å². The van der Waals surface area contributed by atoms with E-state index in [1.54, 1.807) is 6.08 Å². The van der Waals surface area contributed by atoms with Crippen LogP contribution < -0.4 is 10.1 Å². The predicted octanol–water partition coefficient (Wildman–Crippen LogP) is 3.63. The van der Waals surface area contributed by atoms with E-state index in [0.717, 1.165) is 12.2 Å². The summed E-state index contributed by atoms with van der Waals surface area (Å²) in [6.07, 6.45) is 2.32. The molecule has 0 heterocycles. The second-order valence-electron chi connectivity index (χ2n) is 6.26. The second kappa shape index (κ2) is 6.20. The fourth-order valence-corrected chi connectivity index (χ4v) is 2.15. The maximum Gasteiger partial charge on any atom is 0.407 e. The van der Waals surface area contributed by atoms with Crippen molar-refractivity contribution >= 4 is 6.09 Å². The van der Waals surface area contributed by atoms with Crippen LogP contribution in [0.3, 0.4) is 0 Å². The van der Waals surface area contributed by atoms with Crippen LogP contribution in [0.25, 0.3) is 0 Å². The van der Waals surface area contributed by atoms with Crippen molar-refractivity contribution in [2.45, 2.75) is 44.8 Å². The summed E-state index contributed by atoms with van der Waals surface area (Å²) < 4.78 is 10.7. The van der Waals surface area contributed by atoms with Crippen LogP contribution >= 0.6 is 0 Å². The van der Waals surface area contributed by atoms with Gasteiger partial charge in [-0.25, -0.2) is 4.79 Å². The summed E-state index contributed by atoms with van der Waals surface area (Å²) in [7, 11) is 0. The highest BCUT2D eigenvalue weighted by Crippen LogP contribution is 2.41. The molecule has 0 saturated heterocycles. The van der Waals surface area contributed by atoms with E-state index in [9.17, 15) is 4.79 Å². The molecule has 21 heavy (non-hydrogen) atoms. The van der Waals surface area contributed by atoms with Crippen molar-refractivity contribution in [3.63, 3.8) is 0 Å². The number of alkyl carbamates (subject to hydrolysis) is 1. The smallest absolute Gasteiger partial charge is 0.407 e. The molecule has 0 bridgehead atoms. The van der Waals surface area contributed by atoms with E-state index < -0.39 is 5.60 Å². The lowest BCUT2D eigenvalue weighted by molar-refractivity contribution is 0.0523. The molecule has 0 aromatic heterocycles. The van der Waals surface area contributed by atoms with Crippen molar-refractivity contribution in [2.24, 2.45) is 0 Å². The van der Waals surface area contributed by atoms with Gasteiger partial charge in [0.1, 0.15) is 18.0 Å². The molecule has 0 radical (unpaired) electrons. The van der Waals surface area contributed by atoms with E-state index in [4.69, 9.17) is 9.47 Å². The van der Waals surface area contributed by atoms with E-state index in [1.165, 1.54) is 5.56 Å². The van der Waals surface area contributed by atoms with Gasteiger partial charge in [-0.15, -0.1) is 0 Å². The first-order valence-electron chi connectivity index (χ1n) is 7.22. The summed E-state index contributed by atoms with van der Waals surface area (Å²) in [6.45, 7) is 9.70. The highest BCUT2D eigenvalue weighted by molar-refractivity contribution is 5.69. The Bertz CT molecular complexity index is 502. The third-order valence-corrected chi connectivity index (χ3v) is 3.17. The minimum atomic E-state index is -0.460. The molecule has 2 rings (SSSR count). The fraction of sp³-hybridized carbons (Fsp3) is 0.471. The third-order valence-electron chi connectivity index (χ3n) is 3.17. The molecule has 0 spiro atoms. The largest absolute Gasteiger partial charge is 0.490 e. The van der Waals surface area contributed by atoms with Crippen molar-refractivity contribution in [1.82, 2.24) is 5.32 Å². The number of carbonyl (C=O) groups excluding carboxylic acids is 1. The Morgan fingerprint density at radius 1 is 1.38 bits per heavy atom. The maximum atomic E-state index is 11.7. The zero-order valence-electron chi connectivity index (χ0n) is 12.9. The molecule has 1 aromatic rings. The number of nitrogens with one attached hydrogen (secondary N) is 1. The zero-order chi connectivity index (χ0) is 15.5. The molecule has 2 atom stereocenters. The highest BCUT2D eigenvalue weighted by atomic mass is 16.6. The normalized spacial score (nSPS) is 20.5. The molecule has 1 aliphatic rings. The van der Waals surface area contributed by atoms with Gasteiger partial charge in [-0.05, 0) is 44.9 Å². The Morgan fingerprint density at radius 3 is 2.62 bits per heavy atom. The summed E-state index contributed by atoms with van der Waals surface area (Å²) in [5.74, 6) is 1.20. The fourth-order valence-electron chi connectivity index (χ4n) is 2.15. The van der Waals surface area contributed by atoms with Crippen molar-refractivity contribution in [3.05, 3.63) is 42.5 Å². The number of rotatable bonds is 5. The summed E-state index contributed by atoms with van der Waals surface area (Å²) in [5, 5.41) is 2.90. The molecule has 0 aliphatic heterocycles. The lowest BCUT2D eigenvalue weighted by atomic mass is 10.1. The lowest BCUT2D eigenvalue weighted by Crippen LogP contribution is -2.34. The highest BCUT2D eigenvalue weighted by Gasteiger charge is 2.40. The molecule has 1 aromatic carbocycles. The first kappa shape index (κ1) is 15.4. The average molecular weight is 289 g/mol. The van der Waals surface area contributed by atoms with Crippen LogP contribution in [0, 0.1) is 0 Å². The van der Waals surface area contributed by atoms with Gasteiger partial charge in [0.25, 0.3) is 0 Å². The standard InChI is InChI=1S/C17H23NO3/c1-5-10-20-13-8-6-12(7-9-13)14-11-15(14)18-16(19)21-17(2,3)4/h5-9,14-15H,1,10-11H2,2-4H3,(H,18,19)/t14-,15+/m0/s1. The van der Waals surface area contributed by atoms with E-state index in [2.05, 4.69) is 11.9 Å². The topological polar surface area (TPSA) is 47.6 Å². The summed E-state index contributed by atoms with van der Waals surface area (Å²) in [4.78, 5) is 11.7. The number of amides is 1. The Hall–Kier alpha value is -1.97. The van der Waals surface area contributed by atoms with Crippen LogP contribution in [0.1, 0.15) is 38.7 Å². The van der Waals surface area contributed by atoms with Crippen molar-refractivity contribution in [3.8, 4) is 5.75 Å². The zero-order valence-corrected chi connectivity index (χ0v) is 12.9. The van der Waals surface area contributed by atoms with Gasteiger partial charge in [0, 0.05) is 12.0 Å². The Morgan fingerprint density at radius 2 is 2.05 bits per heavy atom. The monoisotopic (exact) mass is 289 g/mol. The van der Waals surface area contributed by atoms with Crippen LogP contribution in [0.15, 0.2) is 36.9 Å². The molecule has 114 valence electrons. The SMILES string of the molecule is C=CCOc1ccc([C@@H]2C[C@H]2NC(=O)OC(C)(C)C)cc1. The number of hydrogen-bond acceptors (Lipinski definition) is 3. The summed E-state index contributed by atoms with van der Waals surface area (Å²) in [5.41, 5.74) is 0.750. The molecule has 1 fully saturated rings. The van der Waals surface area contributed by atoms with Crippen LogP contribution in [0.5, 0.6) is 5.75 Å². The number of hydrogen-bond donors (Lipinski definition) is 1. The van der Waals surface area contributed by atoms with Gasteiger partial charge in [-0.3, -0.25) is 0 Å². The number of benzene rings is 1. The molecule has 4 nitrogen and oxygen atoms in total. The van der Waals surface area contributed by atoms with Gasteiger partial charge in [-0.2, -0.15) is 0 Å². The van der Waals surface area contributed by atoms with Crippen LogP contribution in [-0.4, -0.2) is 24.3 Å². The summed E-state index contributed by atoms with van der Waals surface area (Å²) >= 11 is 0. The van der Waals surface area contributed by atoms with Crippen molar-refractivity contribution < 1.29 is 14.3 Å². The molecule has 1 amide bonds. The maximum absolute atomic E-state index is 11.7. The third kappa shape index (κ3) is 4.81. The minimum absolute atomic E-state index is 0.166. The Balaban J connectivity index is 1.83. The van der Waals surface area contributed by atoms with Gasteiger partial charge < -0.3 is 14.8 Å². The lowest BCUT2D eigenvalue weighted by Gasteiger charge is -2.19.